The van der Waals surface area contributed by atoms with Gasteiger partial charge >= 0.3 is 0 Å². The molecule has 0 atom stereocenters. The third-order valence-electron chi connectivity index (χ3n) is 4.40. The molecule has 122 valence electrons. The Kier molecular flexibility index (Phi) is 6.21. The number of aliphatic hydroxyl groups excluding tert-OH is 1. The largest absolute Gasteiger partial charge is 0.496 e. The number of aliphatic hydroxyl groups is 1. The van der Waals surface area contributed by atoms with Crippen LogP contribution in [0, 0.1) is 0 Å². The van der Waals surface area contributed by atoms with Crippen molar-refractivity contribution in [1.82, 2.24) is 10.6 Å². The lowest BCUT2D eigenvalue weighted by atomic mass is 9.99. The molecule has 0 spiro atoms. The van der Waals surface area contributed by atoms with E-state index in [0.717, 1.165) is 43.4 Å². The second kappa shape index (κ2) is 8.15. The SMILES string of the molecule is COc1ccccc1CCNC(=O)CNC1(CO)CCCC1. The molecule has 2 rings (SSSR count). The van der Waals surface area contributed by atoms with Gasteiger partial charge in [-0.25, -0.2) is 0 Å². The van der Waals surface area contributed by atoms with Crippen LogP contribution in [0.2, 0.25) is 0 Å². The number of nitrogens with one attached hydrogen (secondary N) is 2. The van der Waals surface area contributed by atoms with Gasteiger partial charge in [0, 0.05) is 12.1 Å². The van der Waals surface area contributed by atoms with E-state index in [9.17, 15) is 9.90 Å². The molecule has 3 N–H and O–H groups in total. The van der Waals surface area contributed by atoms with E-state index in [1.165, 1.54) is 0 Å². The fourth-order valence-electron chi connectivity index (χ4n) is 3.02. The monoisotopic (exact) mass is 306 g/mol. The predicted molar refractivity (Wildman–Crippen MR) is 86.0 cm³/mol. The molecular weight excluding hydrogens is 280 g/mol. The first-order valence-corrected chi connectivity index (χ1v) is 7.93. The molecule has 22 heavy (non-hydrogen) atoms. The Morgan fingerprint density at radius 2 is 2.05 bits per heavy atom. The van der Waals surface area contributed by atoms with Gasteiger partial charge in [-0.1, -0.05) is 31.0 Å². The Labute approximate surface area is 132 Å². The van der Waals surface area contributed by atoms with Crippen molar-refractivity contribution < 1.29 is 14.6 Å². The van der Waals surface area contributed by atoms with Crippen LogP contribution in [0.3, 0.4) is 0 Å². The summed E-state index contributed by atoms with van der Waals surface area (Å²) in [7, 11) is 1.65. The minimum absolute atomic E-state index is 0.0328. The average molecular weight is 306 g/mol. The lowest BCUT2D eigenvalue weighted by Gasteiger charge is -2.27. The first-order chi connectivity index (χ1) is 10.7. The number of ether oxygens (including phenoxy) is 1. The van der Waals surface area contributed by atoms with Crippen LogP contribution in [0.15, 0.2) is 24.3 Å². The van der Waals surface area contributed by atoms with Crippen LogP contribution in [-0.2, 0) is 11.2 Å². The third kappa shape index (κ3) is 4.45. The van der Waals surface area contributed by atoms with Crippen molar-refractivity contribution in [3.8, 4) is 5.75 Å². The highest BCUT2D eigenvalue weighted by Gasteiger charge is 2.32. The summed E-state index contributed by atoms with van der Waals surface area (Å²) in [5.74, 6) is 0.815. The van der Waals surface area contributed by atoms with E-state index in [-0.39, 0.29) is 24.6 Å². The second-order valence-electron chi connectivity index (χ2n) is 5.91. The van der Waals surface area contributed by atoms with Gasteiger partial charge in [0.15, 0.2) is 0 Å². The van der Waals surface area contributed by atoms with Crippen LogP contribution in [0.25, 0.3) is 0 Å². The molecule has 1 aromatic carbocycles. The maximum atomic E-state index is 11.9. The molecule has 1 saturated carbocycles. The van der Waals surface area contributed by atoms with E-state index in [1.807, 2.05) is 24.3 Å². The molecule has 0 aromatic heterocycles. The van der Waals surface area contributed by atoms with E-state index < -0.39 is 0 Å². The fraction of sp³-hybridized carbons (Fsp3) is 0.588. The van der Waals surface area contributed by atoms with E-state index in [1.54, 1.807) is 7.11 Å². The highest BCUT2D eigenvalue weighted by molar-refractivity contribution is 5.78. The molecule has 0 aliphatic heterocycles. The summed E-state index contributed by atoms with van der Waals surface area (Å²) in [5.41, 5.74) is 0.834. The normalized spacial score (nSPS) is 16.5. The molecule has 1 aliphatic rings. The number of rotatable bonds is 8. The summed E-state index contributed by atoms with van der Waals surface area (Å²) in [4.78, 5) is 11.9. The number of benzene rings is 1. The van der Waals surface area contributed by atoms with E-state index in [4.69, 9.17) is 4.74 Å². The lowest BCUT2D eigenvalue weighted by molar-refractivity contribution is -0.120. The summed E-state index contributed by atoms with van der Waals surface area (Å²) < 4.78 is 5.29. The summed E-state index contributed by atoms with van der Waals surface area (Å²) in [6.45, 7) is 0.932. The topological polar surface area (TPSA) is 70.6 Å². The zero-order valence-corrected chi connectivity index (χ0v) is 13.2. The molecule has 1 fully saturated rings. The zero-order chi connectivity index (χ0) is 15.8. The Balaban J connectivity index is 1.71. The second-order valence-corrected chi connectivity index (χ2v) is 5.91. The minimum atomic E-state index is -0.250. The summed E-state index contributed by atoms with van der Waals surface area (Å²) in [5, 5.41) is 15.6. The molecule has 0 radical (unpaired) electrons. The maximum absolute atomic E-state index is 11.9. The molecule has 0 unspecified atom stereocenters. The van der Waals surface area contributed by atoms with Crippen LogP contribution in [0.4, 0.5) is 0 Å². The molecule has 0 bridgehead atoms. The van der Waals surface area contributed by atoms with Gasteiger partial charge < -0.3 is 20.5 Å². The summed E-state index contributed by atoms with van der Waals surface area (Å²) in [6, 6.07) is 7.82. The van der Waals surface area contributed by atoms with Crippen molar-refractivity contribution in [2.75, 3.05) is 26.8 Å². The molecule has 0 saturated heterocycles. The fourth-order valence-corrected chi connectivity index (χ4v) is 3.02. The van der Waals surface area contributed by atoms with Crippen molar-refractivity contribution >= 4 is 5.91 Å². The van der Waals surface area contributed by atoms with E-state index in [2.05, 4.69) is 10.6 Å². The van der Waals surface area contributed by atoms with Gasteiger partial charge in [0.25, 0.3) is 0 Å². The highest BCUT2D eigenvalue weighted by atomic mass is 16.5. The third-order valence-corrected chi connectivity index (χ3v) is 4.40. The van der Waals surface area contributed by atoms with E-state index in [0.29, 0.717) is 6.54 Å². The van der Waals surface area contributed by atoms with Gasteiger partial charge in [0.1, 0.15) is 5.75 Å². The summed E-state index contributed by atoms with van der Waals surface area (Å²) in [6.07, 6.45) is 4.85. The maximum Gasteiger partial charge on any atom is 0.233 e. The van der Waals surface area contributed by atoms with E-state index >= 15 is 0 Å². The number of hydrogen-bond donors (Lipinski definition) is 3. The summed E-state index contributed by atoms with van der Waals surface area (Å²) >= 11 is 0. The van der Waals surface area contributed by atoms with Gasteiger partial charge in [-0.05, 0) is 30.9 Å². The van der Waals surface area contributed by atoms with Gasteiger partial charge in [0.05, 0.1) is 20.3 Å². The number of para-hydroxylation sites is 1. The molecule has 5 heteroatoms. The Morgan fingerprint density at radius 1 is 1.32 bits per heavy atom. The standard InChI is InChI=1S/C17H26N2O3/c1-22-15-7-3-2-6-14(15)8-11-18-16(21)12-19-17(13-20)9-4-5-10-17/h2-3,6-7,19-20H,4-5,8-13H2,1H3,(H,18,21). The zero-order valence-electron chi connectivity index (χ0n) is 13.2. The number of hydrogen-bond acceptors (Lipinski definition) is 4. The van der Waals surface area contributed by atoms with Crippen molar-refractivity contribution in [2.45, 2.75) is 37.6 Å². The Bertz CT molecular complexity index is 485. The number of methoxy groups -OCH3 is 1. The van der Waals surface area contributed by atoms with Gasteiger partial charge in [-0.2, -0.15) is 0 Å². The quantitative estimate of drug-likeness (QED) is 0.676. The molecule has 1 aliphatic carbocycles. The van der Waals surface area contributed by atoms with Gasteiger partial charge in [0.2, 0.25) is 5.91 Å². The van der Waals surface area contributed by atoms with Crippen LogP contribution < -0.4 is 15.4 Å². The number of carbonyl (C=O) groups is 1. The molecule has 1 aromatic rings. The van der Waals surface area contributed by atoms with Crippen molar-refractivity contribution in [2.24, 2.45) is 0 Å². The van der Waals surface area contributed by atoms with Crippen LogP contribution >= 0.6 is 0 Å². The predicted octanol–water partition coefficient (Wildman–Crippen LogP) is 1.25. The van der Waals surface area contributed by atoms with Crippen LogP contribution in [-0.4, -0.2) is 43.4 Å². The molecule has 0 heterocycles. The highest BCUT2D eigenvalue weighted by Crippen LogP contribution is 2.28. The average Bonchev–Trinajstić information content (AvgIpc) is 3.03. The Morgan fingerprint density at radius 3 is 2.73 bits per heavy atom. The lowest BCUT2D eigenvalue weighted by Crippen LogP contribution is -2.50. The van der Waals surface area contributed by atoms with Crippen LogP contribution in [0.5, 0.6) is 5.75 Å². The molecular formula is C17H26N2O3. The van der Waals surface area contributed by atoms with Gasteiger partial charge in [-0.3, -0.25) is 4.79 Å². The van der Waals surface area contributed by atoms with Crippen LogP contribution in [0.1, 0.15) is 31.2 Å². The molecule has 1 amide bonds. The Hall–Kier alpha value is -1.59. The first-order valence-electron chi connectivity index (χ1n) is 7.93. The van der Waals surface area contributed by atoms with Crippen molar-refractivity contribution in [3.63, 3.8) is 0 Å². The molecule has 5 nitrogen and oxygen atoms in total. The van der Waals surface area contributed by atoms with Crippen molar-refractivity contribution in [1.29, 1.82) is 0 Å². The first kappa shape index (κ1) is 16.8. The minimum Gasteiger partial charge on any atom is -0.496 e. The van der Waals surface area contributed by atoms with Gasteiger partial charge in [-0.15, -0.1) is 0 Å². The smallest absolute Gasteiger partial charge is 0.233 e. The number of carbonyl (C=O) groups excluding carboxylic acids is 1. The van der Waals surface area contributed by atoms with Crippen molar-refractivity contribution in [3.05, 3.63) is 29.8 Å². The number of amides is 1.